The van der Waals surface area contributed by atoms with Crippen LogP contribution in [0.1, 0.15) is 61.5 Å². The van der Waals surface area contributed by atoms with Gasteiger partial charge in [0.2, 0.25) is 5.91 Å². The van der Waals surface area contributed by atoms with Crippen molar-refractivity contribution in [3.05, 3.63) is 61.5 Å². The van der Waals surface area contributed by atoms with Crippen molar-refractivity contribution in [2.45, 2.75) is 65.6 Å². The number of halogens is 2. The Bertz CT molecular complexity index is 1020. The number of carbonyl (C=O) groups is 2. The number of allylic oxidation sites excluding steroid dienone is 1. The number of likely N-dealkylation sites (tertiary alicyclic amines) is 1. The molecule has 0 aromatic carbocycles. The van der Waals surface area contributed by atoms with Crippen LogP contribution in [0.15, 0.2) is 34.5 Å². The Kier molecular flexibility index (Phi) is 10.2. The normalized spacial score (nSPS) is 15.5. The summed E-state index contributed by atoms with van der Waals surface area (Å²) < 4.78 is 0. The Morgan fingerprint density at radius 1 is 1.31 bits per heavy atom. The van der Waals surface area contributed by atoms with Gasteiger partial charge in [0.15, 0.2) is 0 Å². The van der Waals surface area contributed by atoms with E-state index >= 15 is 0 Å². The molecule has 2 amide bonds. The lowest BCUT2D eigenvalue weighted by atomic mass is 10.00. The first-order chi connectivity index (χ1) is 16.7. The first-order valence-electron chi connectivity index (χ1n) is 12.0. The summed E-state index contributed by atoms with van der Waals surface area (Å²) in [7, 11) is 0. The van der Waals surface area contributed by atoms with Crippen molar-refractivity contribution in [2.24, 2.45) is 0 Å². The Morgan fingerprint density at radius 3 is 2.63 bits per heavy atom. The van der Waals surface area contributed by atoms with Gasteiger partial charge in [-0.05, 0) is 81.0 Å². The average Bonchev–Trinajstić information content (AvgIpc) is 3.29. The van der Waals surface area contributed by atoms with Gasteiger partial charge in [0.1, 0.15) is 10.3 Å². The predicted octanol–water partition coefficient (Wildman–Crippen LogP) is 5.73. The van der Waals surface area contributed by atoms with E-state index in [1.807, 2.05) is 18.7 Å². The van der Waals surface area contributed by atoms with Gasteiger partial charge in [-0.3, -0.25) is 9.59 Å². The van der Waals surface area contributed by atoms with Gasteiger partial charge in [0.05, 0.1) is 5.56 Å². The number of nitrogens with one attached hydrogen (secondary N) is 1. The molecule has 1 atom stereocenters. The van der Waals surface area contributed by atoms with Crippen LogP contribution in [0.3, 0.4) is 0 Å². The van der Waals surface area contributed by atoms with Crippen molar-refractivity contribution < 1.29 is 9.59 Å². The summed E-state index contributed by atoms with van der Waals surface area (Å²) in [6.45, 7) is 11.0. The molecule has 1 unspecified atom stereocenters. The maximum Gasteiger partial charge on any atom is 0.254 e. The van der Waals surface area contributed by atoms with Gasteiger partial charge in [-0.1, -0.05) is 28.8 Å². The number of pyridine rings is 1. The van der Waals surface area contributed by atoms with Gasteiger partial charge in [-0.2, -0.15) is 11.3 Å². The summed E-state index contributed by atoms with van der Waals surface area (Å²) in [5.74, 6) is -0.138. The highest BCUT2D eigenvalue weighted by molar-refractivity contribution is 7.07. The molecular formula is C26H34Cl2N4O2S. The highest BCUT2D eigenvalue weighted by Gasteiger charge is 2.29. The van der Waals surface area contributed by atoms with Crippen molar-refractivity contribution in [3.8, 4) is 0 Å². The molecule has 3 rings (SSSR count). The molecule has 35 heavy (non-hydrogen) atoms. The summed E-state index contributed by atoms with van der Waals surface area (Å²) in [6.07, 6.45) is 4.44. The molecule has 1 aliphatic rings. The molecule has 3 heterocycles. The molecule has 0 aliphatic carbocycles. The lowest BCUT2D eigenvalue weighted by molar-refractivity contribution is -0.130. The number of rotatable bonds is 9. The van der Waals surface area contributed by atoms with Crippen molar-refractivity contribution in [1.82, 2.24) is 20.1 Å². The van der Waals surface area contributed by atoms with E-state index in [-0.39, 0.29) is 28.2 Å². The van der Waals surface area contributed by atoms with Gasteiger partial charge in [-0.25, -0.2) is 4.98 Å². The summed E-state index contributed by atoms with van der Waals surface area (Å²) >= 11 is 13.7. The highest BCUT2D eigenvalue weighted by Crippen LogP contribution is 2.24. The third-order valence-electron chi connectivity index (χ3n) is 6.41. The van der Waals surface area contributed by atoms with Crippen LogP contribution < -0.4 is 5.32 Å². The number of hydrogen-bond donors (Lipinski definition) is 1. The maximum atomic E-state index is 13.0. The van der Waals surface area contributed by atoms with Crippen molar-refractivity contribution in [3.63, 3.8) is 0 Å². The second-order valence-electron chi connectivity index (χ2n) is 9.41. The van der Waals surface area contributed by atoms with E-state index in [0.29, 0.717) is 30.3 Å². The standard InChI is InChI=1S/C26H34Cl2N4O2S/c1-17(2)13-23(33)32(15-20-8-12-35-16-20)21-6-10-31(11-7-21)19(4)5-9-29-26(34)24-18(3)14-22(27)30-25(24)28/h8,12-14,16,19,21H,5-7,9-11,15H2,1-4H3,(H,29,34). The van der Waals surface area contributed by atoms with Crippen LogP contribution in [-0.2, 0) is 11.3 Å². The lowest BCUT2D eigenvalue weighted by Gasteiger charge is -2.40. The van der Waals surface area contributed by atoms with Gasteiger partial charge in [-0.15, -0.1) is 0 Å². The van der Waals surface area contributed by atoms with E-state index in [2.05, 4.69) is 39.0 Å². The quantitative estimate of drug-likeness (QED) is 0.328. The minimum atomic E-state index is -0.232. The molecule has 2 aromatic rings. The molecular weight excluding hydrogens is 503 g/mol. The second kappa shape index (κ2) is 12.9. The third kappa shape index (κ3) is 7.78. The summed E-state index contributed by atoms with van der Waals surface area (Å²) in [6, 6.07) is 4.27. The number of aryl methyl sites for hydroxylation is 1. The van der Waals surface area contributed by atoms with Crippen LogP contribution in [0.4, 0.5) is 0 Å². The molecule has 190 valence electrons. The largest absolute Gasteiger partial charge is 0.352 e. The SMILES string of the molecule is CC(C)=CC(=O)N(Cc1ccsc1)C1CCN(C(C)CCNC(=O)c2c(C)cc(Cl)nc2Cl)CC1. The van der Waals surface area contributed by atoms with E-state index in [0.717, 1.165) is 37.9 Å². The monoisotopic (exact) mass is 536 g/mol. The Balaban J connectivity index is 1.51. The first-order valence-corrected chi connectivity index (χ1v) is 13.7. The summed E-state index contributed by atoms with van der Waals surface area (Å²) in [5, 5.41) is 7.53. The van der Waals surface area contributed by atoms with Crippen LogP contribution in [0.25, 0.3) is 0 Å². The molecule has 0 saturated carbocycles. The molecule has 9 heteroatoms. The fourth-order valence-electron chi connectivity index (χ4n) is 4.47. The molecule has 1 aliphatic heterocycles. The number of aromatic nitrogens is 1. The summed E-state index contributed by atoms with van der Waals surface area (Å²) in [4.78, 5) is 34.0. The topological polar surface area (TPSA) is 65.5 Å². The lowest BCUT2D eigenvalue weighted by Crippen LogP contribution is -2.49. The van der Waals surface area contributed by atoms with E-state index in [9.17, 15) is 9.59 Å². The van der Waals surface area contributed by atoms with Crippen molar-refractivity contribution in [2.75, 3.05) is 19.6 Å². The minimum absolute atomic E-state index is 0.0936. The fraction of sp³-hybridized carbons (Fsp3) is 0.500. The van der Waals surface area contributed by atoms with Crippen molar-refractivity contribution in [1.29, 1.82) is 0 Å². The molecule has 1 fully saturated rings. The molecule has 2 aromatic heterocycles. The molecule has 1 N–H and O–H groups in total. The zero-order chi connectivity index (χ0) is 25.5. The number of piperidine rings is 1. The van der Waals surface area contributed by atoms with Gasteiger partial charge < -0.3 is 15.1 Å². The van der Waals surface area contributed by atoms with Crippen LogP contribution in [-0.4, -0.2) is 58.3 Å². The zero-order valence-electron chi connectivity index (χ0n) is 20.8. The number of carbonyl (C=O) groups excluding carboxylic acids is 2. The molecule has 6 nitrogen and oxygen atoms in total. The predicted molar refractivity (Wildman–Crippen MR) is 144 cm³/mol. The van der Waals surface area contributed by atoms with Crippen LogP contribution in [0.5, 0.6) is 0 Å². The van der Waals surface area contributed by atoms with Crippen LogP contribution in [0, 0.1) is 6.92 Å². The van der Waals surface area contributed by atoms with E-state index in [1.165, 1.54) is 5.56 Å². The Morgan fingerprint density at radius 2 is 2.03 bits per heavy atom. The highest BCUT2D eigenvalue weighted by atomic mass is 35.5. The van der Waals surface area contributed by atoms with Gasteiger partial charge >= 0.3 is 0 Å². The van der Waals surface area contributed by atoms with Crippen molar-refractivity contribution >= 4 is 46.4 Å². The number of nitrogens with zero attached hydrogens (tertiary/aromatic N) is 3. The number of hydrogen-bond acceptors (Lipinski definition) is 5. The number of amides is 2. The molecule has 0 radical (unpaired) electrons. The van der Waals surface area contributed by atoms with Gasteiger partial charge in [0, 0.05) is 44.3 Å². The average molecular weight is 538 g/mol. The Labute approximate surface area is 222 Å². The minimum Gasteiger partial charge on any atom is -0.352 e. The Hall–Kier alpha value is -1.93. The summed E-state index contributed by atoms with van der Waals surface area (Å²) in [5.41, 5.74) is 3.28. The number of thiophene rings is 1. The fourth-order valence-corrected chi connectivity index (χ4v) is 5.75. The molecule has 0 bridgehead atoms. The van der Waals surface area contributed by atoms with Gasteiger partial charge in [0.25, 0.3) is 5.91 Å². The molecule has 1 saturated heterocycles. The third-order valence-corrected chi connectivity index (χ3v) is 7.61. The van der Waals surface area contributed by atoms with E-state index < -0.39 is 0 Å². The first kappa shape index (κ1) is 27.7. The molecule has 0 spiro atoms. The van der Waals surface area contributed by atoms with E-state index in [1.54, 1.807) is 30.4 Å². The zero-order valence-corrected chi connectivity index (χ0v) is 23.1. The maximum absolute atomic E-state index is 13.0. The van der Waals surface area contributed by atoms with E-state index in [4.69, 9.17) is 23.2 Å². The van der Waals surface area contributed by atoms with Crippen LogP contribution >= 0.6 is 34.5 Å². The smallest absolute Gasteiger partial charge is 0.254 e. The second-order valence-corrected chi connectivity index (χ2v) is 10.9. The van der Waals surface area contributed by atoms with Crippen LogP contribution in [0.2, 0.25) is 10.3 Å².